The van der Waals surface area contributed by atoms with Gasteiger partial charge < -0.3 is 10.0 Å². The Morgan fingerprint density at radius 2 is 1.67 bits per heavy atom. The Bertz CT molecular complexity index is 650. The number of carboxylic acid groups (broad SMARTS) is 1. The molecule has 0 saturated heterocycles. The average Bonchev–Trinajstić information content (AvgIpc) is 2.82. The summed E-state index contributed by atoms with van der Waals surface area (Å²) in [7, 11) is 0. The molecular formula is C17H20N2O5. The zero-order valence-corrected chi connectivity index (χ0v) is 13.7. The molecule has 0 fully saturated rings. The molecule has 2 rings (SSSR count). The summed E-state index contributed by atoms with van der Waals surface area (Å²) < 4.78 is 0. The van der Waals surface area contributed by atoms with Crippen LogP contribution < -0.4 is 0 Å². The van der Waals surface area contributed by atoms with Gasteiger partial charge in [-0.3, -0.25) is 24.1 Å². The Kier molecular flexibility index (Phi) is 5.33. The first-order valence-electron chi connectivity index (χ1n) is 7.86. The molecule has 0 spiro atoms. The van der Waals surface area contributed by atoms with Gasteiger partial charge in [0.05, 0.1) is 17.5 Å². The van der Waals surface area contributed by atoms with Gasteiger partial charge in [0.25, 0.3) is 11.8 Å². The standard InChI is InChI=1S/C17H20N2O5/c1-3-9-18(10-8-14(20)21)15(22)11(2)19-16(23)12-6-4-5-7-13(12)17(19)24/h4-7,11H,3,8-10H2,1-2H3,(H,20,21). The van der Waals surface area contributed by atoms with Crippen molar-refractivity contribution in [2.24, 2.45) is 0 Å². The van der Waals surface area contributed by atoms with E-state index >= 15 is 0 Å². The molecule has 3 amide bonds. The fourth-order valence-corrected chi connectivity index (χ4v) is 2.77. The first kappa shape index (κ1) is 17.7. The summed E-state index contributed by atoms with van der Waals surface area (Å²) >= 11 is 0. The summed E-state index contributed by atoms with van der Waals surface area (Å²) in [5.74, 6) is -2.41. The van der Waals surface area contributed by atoms with Gasteiger partial charge >= 0.3 is 5.97 Å². The number of carbonyl (C=O) groups excluding carboxylic acids is 3. The van der Waals surface area contributed by atoms with Gasteiger partial charge in [-0.25, -0.2) is 0 Å². The predicted molar refractivity (Wildman–Crippen MR) is 85.5 cm³/mol. The van der Waals surface area contributed by atoms with Crippen molar-refractivity contribution >= 4 is 23.7 Å². The van der Waals surface area contributed by atoms with E-state index in [0.717, 1.165) is 4.90 Å². The van der Waals surface area contributed by atoms with E-state index in [0.29, 0.717) is 13.0 Å². The molecule has 0 saturated carbocycles. The maximum atomic E-state index is 12.7. The van der Waals surface area contributed by atoms with Crippen molar-refractivity contribution in [3.8, 4) is 0 Å². The number of amides is 3. The van der Waals surface area contributed by atoms with Crippen molar-refractivity contribution in [3.05, 3.63) is 35.4 Å². The lowest BCUT2D eigenvalue weighted by molar-refractivity contribution is -0.139. The normalized spacial score (nSPS) is 14.5. The maximum Gasteiger partial charge on any atom is 0.305 e. The van der Waals surface area contributed by atoms with E-state index in [1.54, 1.807) is 24.3 Å². The molecule has 1 N–H and O–H groups in total. The highest BCUT2D eigenvalue weighted by atomic mass is 16.4. The topological polar surface area (TPSA) is 95.0 Å². The zero-order chi connectivity index (χ0) is 17.9. The van der Waals surface area contributed by atoms with Crippen LogP contribution in [0.1, 0.15) is 47.4 Å². The Balaban J connectivity index is 2.19. The highest BCUT2D eigenvalue weighted by Crippen LogP contribution is 2.25. The Morgan fingerprint density at radius 3 is 2.12 bits per heavy atom. The smallest absolute Gasteiger partial charge is 0.305 e. The molecular weight excluding hydrogens is 312 g/mol. The number of hydrogen-bond acceptors (Lipinski definition) is 4. The van der Waals surface area contributed by atoms with Crippen LogP contribution in [0.3, 0.4) is 0 Å². The molecule has 1 atom stereocenters. The third-order valence-corrected chi connectivity index (χ3v) is 3.97. The summed E-state index contributed by atoms with van der Waals surface area (Å²) in [5, 5.41) is 8.81. The minimum atomic E-state index is -1.00. The van der Waals surface area contributed by atoms with Crippen molar-refractivity contribution in [2.45, 2.75) is 32.7 Å². The molecule has 1 aromatic carbocycles. The second-order valence-electron chi connectivity index (χ2n) is 5.67. The molecule has 1 aromatic rings. The van der Waals surface area contributed by atoms with Gasteiger partial charge in [-0.1, -0.05) is 19.1 Å². The predicted octanol–water partition coefficient (Wildman–Crippen LogP) is 1.38. The van der Waals surface area contributed by atoms with E-state index in [1.807, 2.05) is 6.92 Å². The van der Waals surface area contributed by atoms with Gasteiger partial charge in [0.15, 0.2) is 0 Å². The van der Waals surface area contributed by atoms with Crippen LogP contribution in [-0.4, -0.2) is 57.7 Å². The molecule has 0 bridgehead atoms. The van der Waals surface area contributed by atoms with Gasteiger partial charge in [-0.15, -0.1) is 0 Å². The summed E-state index contributed by atoms with van der Waals surface area (Å²) in [5.41, 5.74) is 0.574. The van der Waals surface area contributed by atoms with Gasteiger partial charge in [0.1, 0.15) is 6.04 Å². The summed E-state index contributed by atoms with van der Waals surface area (Å²) in [6.07, 6.45) is 0.473. The van der Waals surface area contributed by atoms with Crippen LogP contribution in [0.4, 0.5) is 0 Å². The van der Waals surface area contributed by atoms with Crippen LogP contribution in [0.25, 0.3) is 0 Å². The highest BCUT2D eigenvalue weighted by Gasteiger charge is 2.41. The van der Waals surface area contributed by atoms with E-state index in [9.17, 15) is 19.2 Å². The van der Waals surface area contributed by atoms with Crippen LogP contribution in [0.5, 0.6) is 0 Å². The average molecular weight is 332 g/mol. The number of carboxylic acids is 1. The summed E-state index contributed by atoms with van der Waals surface area (Å²) in [6.45, 7) is 3.79. The van der Waals surface area contributed by atoms with E-state index in [4.69, 9.17) is 5.11 Å². The maximum absolute atomic E-state index is 12.7. The van der Waals surface area contributed by atoms with Crippen molar-refractivity contribution < 1.29 is 24.3 Å². The van der Waals surface area contributed by atoms with Crippen molar-refractivity contribution in [1.82, 2.24) is 9.80 Å². The lowest BCUT2D eigenvalue weighted by Gasteiger charge is -2.29. The molecule has 1 aliphatic heterocycles. The van der Waals surface area contributed by atoms with Crippen LogP contribution >= 0.6 is 0 Å². The molecule has 1 heterocycles. The van der Waals surface area contributed by atoms with Gasteiger partial charge in [0, 0.05) is 13.1 Å². The third-order valence-electron chi connectivity index (χ3n) is 3.97. The van der Waals surface area contributed by atoms with E-state index in [2.05, 4.69) is 0 Å². The number of imide groups is 1. The molecule has 0 radical (unpaired) electrons. The van der Waals surface area contributed by atoms with Crippen molar-refractivity contribution in [3.63, 3.8) is 0 Å². The van der Waals surface area contributed by atoms with Gasteiger partial charge in [0.2, 0.25) is 5.91 Å². The van der Waals surface area contributed by atoms with Crippen LogP contribution in [0.15, 0.2) is 24.3 Å². The third kappa shape index (κ3) is 3.29. The second kappa shape index (κ2) is 7.25. The highest BCUT2D eigenvalue weighted by molar-refractivity contribution is 6.22. The number of rotatable bonds is 7. The first-order valence-corrected chi connectivity index (χ1v) is 7.86. The Morgan fingerprint density at radius 1 is 1.12 bits per heavy atom. The monoisotopic (exact) mass is 332 g/mol. The van der Waals surface area contributed by atoms with E-state index in [-0.39, 0.29) is 24.1 Å². The molecule has 1 unspecified atom stereocenters. The number of fused-ring (bicyclic) bond motifs is 1. The minimum Gasteiger partial charge on any atom is -0.481 e. The Labute approximate surface area is 139 Å². The fourth-order valence-electron chi connectivity index (χ4n) is 2.77. The lowest BCUT2D eigenvalue weighted by Crippen LogP contribution is -2.50. The molecule has 24 heavy (non-hydrogen) atoms. The molecule has 7 nitrogen and oxygen atoms in total. The van der Waals surface area contributed by atoms with Crippen LogP contribution in [0, 0.1) is 0 Å². The number of hydrogen-bond donors (Lipinski definition) is 1. The van der Waals surface area contributed by atoms with Crippen molar-refractivity contribution in [2.75, 3.05) is 13.1 Å². The summed E-state index contributed by atoms with van der Waals surface area (Å²) in [4.78, 5) is 50.6. The lowest BCUT2D eigenvalue weighted by atomic mass is 10.1. The van der Waals surface area contributed by atoms with Crippen LogP contribution in [-0.2, 0) is 9.59 Å². The Hall–Kier alpha value is -2.70. The largest absolute Gasteiger partial charge is 0.481 e. The minimum absolute atomic E-state index is 0.0511. The van der Waals surface area contributed by atoms with Crippen molar-refractivity contribution in [1.29, 1.82) is 0 Å². The molecule has 0 aliphatic carbocycles. The van der Waals surface area contributed by atoms with E-state index < -0.39 is 29.7 Å². The quantitative estimate of drug-likeness (QED) is 0.761. The molecule has 7 heteroatoms. The second-order valence-corrected chi connectivity index (χ2v) is 5.67. The number of aliphatic carboxylic acids is 1. The first-order chi connectivity index (χ1) is 11.4. The fraction of sp³-hybridized carbons (Fsp3) is 0.412. The number of carbonyl (C=O) groups is 4. The molecule has 1 aliphatic rings. The SMILES string of the molecule is CCCN(CCC(=O)O)C(=O)C(C)N1C(=O)c2ccccc2C1=O. The number of benzene rings is 1. The molecule has 128 valence electrons. The van der Waals surface area contributed by atoms with Crippen LogP contribution in [0.2, 0.25) is 0 Å². The van der Waals surface area contributed by atoms with Gasteiger partial charge in [-0.2, -0.15) is 0 Å². The zero-order valence-electron chi connectivity index (χ0n) is 13.7. The van der Waals surface area contributed by atoms with E-state index in [1.165, 1.54) is 11.8 Å². The van der Waals surface area contributed by atoms with Gasteiger partial charge in [-0.05, 0) is 25.5 Å². The summed E-state index contributed by atoms with van der Waals surface area (Å²) in [6, 6.07) is 5.46. The number of nitrogens with zero attached hydrogens (tertiary/aromatic N) is 2. The molecule has 0 aromatic heterocycles.